The van der Waals surface area contributed by atoms with Crippen molar-refractivity contribution in [2.75, 3.05) is 32.7 Å². The van der Waals surface area contributed by atoms with Gasteiger partial charge in [0.25, 0.3) is 5.91 Å². The number of carbonyl (C=O) groups excluding carboxylic acids is 1. The maximum atomic E-state index is 12.0. The van der Waals surface area contributed by atoms with Crippen LogP contribution in [0.25, 0.3) is 0 Å². The first-order chi connectivity index (χ1) is 8.58. The number of rotatable bonds is 6. The van der Waals surface area contributed by atoms with Crippen molar-refractivity contribution in [3.05, 3.63) is 23.9 Å². The lowest BCUT2D eigenvalue weighted by Gasteiger charge is -2.20. The van der Waals surface area contributed by atoms with E-state index in [0.29, 0.717) is 11.4 Å². The lowest BCUT2D eigenvalue weighted by molar-refractivity contribution is 0.0380. The number of likely N-dealkylation sites (N-methyl/N-ethyl adjacent to an activating group) is 1. The molecule has 0 aromatic carbocycles. The van der Waals surface area contributed by atoms with E-state index in [-0.39, 0.29) is 19.1 Å². The van der Waals surface area contributed by atoms with Crippen LogP contribution in [0.2, 0.25) is 0 Å². The van der Waals surface area contributed by atoms with Gasteiger partial charge in [0.15, 0.2) is 0 Å². The maximum absolute atomic E-state index is 12.0. The third-order valence-corrected chi connectivity index (χ3v) is 2.35. The van der Waals surface area contributed by atoms with Gasteiger partial charge in [-0.2, -0.15) is 0 Å². The Morgan fingerprint density at radius 3 is 3.06 bits per heavy atom. The van der Waals surface area contributed by atoms with E-state index in [1.807, 2.05) is 0 Å². The normalized spacial score (nSPS) is 12.0. The van der Waals surface area contributed by atoms with Crippen molar-refractivity contribution in [3.63, 3.8) is 0 Å². The molecule has 0 bridgehead atoms. The molecular formula is C11H18N4O3. The van der Waals surface area contributed by atoms with Crippen LogP contribution in [0.4, 0.5) is 5.82 Å². The van der Waals surface area contributed by atoms with E-state index in [2.05, 4.69) is 10.4 Å². The summed E-state index contributed by atoms with van der Waals surface area (Å²) in [5.41, 5.74) is 2.82. The molecule has 1 rings (SSSR count). The van der Waals surface area contributed by atoms with Crippen molar-refractivity contribution in [2.24, 2.45) is 5.84 Å². The van der Waals surface area contributed by atoms with Gasteiger partial charge in [0, 0.05) is 32.5 Å². The molecule has 0 aliphatic carbocycles. The summed E-state index contributed by atoms with van der Waals surface area (Å²) in [6.07, 6.45) is 0.778. The third-order valence-electron chi connectivity index (χ3n) is 2.35. The van der Waals surface area contributed by atoms with Crippen LogP contribution >= 0.6 is 0 Å². The quantitative estimate of drug-likeness (QED) is 0.465. The number of ether oxygens (including phenoxy) is 1. The zero-order valence-electron chi connectivity index (χ0n) is 10.5. The van der Waals surface area contributed by atoms with Crippen molar-refractivity contribution in [1.29, 1.82) is 0 Å². The largest absolute Gasteiger partial charge is 0.389 e. The smallest absolute Gasteiger partial charge is 0.253 e. The molecule has 1 aromatic heterocycles. The summed E-state index contributed by atoms with van der Waals surface area (Å²) < 4.78 is 4.80. The molecule has 1 amide bonds. The van der Waals surface area contributed by atoms with Crippen LogP contribution in [0.15, 0.2) is 18.3 Å². The highest BCUT2D eigenvalue weighted by Crippen LogP contribution is 2.08. The van der Waals surface area contributed by atoms with Gasteiger partial charge in [0.05, 0.1) is 12.7 Å². The number of anilines is 1. The number of aliphatic hydroxyl groups excluding tert-OH is 1. The summed E-state index contributed by atoms with van der Waals surface area (Å²) in [6.45, 7) is 0.379. The van der Waals surface area contributed by atoms with E-state index >= 15 is 0 Å². The number of pyridine rings is 1. The molecule has 0 saturated carbocycles. The number of hydrazine groups is 1. The Labute approximate surface area is 106 Å². The zero-order valence-corrected chi connectivity index (χ0v) is 10.5. The van der Waals surface area contributed by atoms with Gasteiger partial charge in [-0.25, -0.2) is 10.8 Å². The van der Waals surface area contributed by atoms with Crippen molar-refractivity contribution in [1.82, 2.24) is 9.88 Å². The Bertz CT molecular complexity index is 400. The SMILES string of the molecule is COCC(O)CN(C)C(=O)c1ccnc(NN)c1. The minimum absolute atomic E-state index is 0.184. The monoisotopic (exact) mass is 254 g/mol. The Morgan fingerprint density at radius 1 is 1.72 bits per heavy atom. The number of nitrogens with one attached hydrogen (secondary N) is 1. The molecule has 1 heterocycles. The molecule has 1 aromatic rings. The predicted molar refractivity (Wildman–Crippen MR) is 66.9 cm³/mol. The van der Waals surface area contributed by atoms with Crippen LogP contribution in [0, 0.1) is 0 Å². The van der Waals surface area contributed by atoms with E-state index in [4.69, 9.17) is 10.6 Å². The molecule has 7 heteroatoms. The van der Waals surface area contributed by atoms with Gasteiger partial charge >= 0.3 is 0 Å². The van der Waals surface area contributed by atoms with E-state index < -0.39 is 6.10 Å². The van der Waals surface area contributed by atoms with Crippen molar-refractivity contribution < 1.29 is 14.6 Å². The second-order valence-electron chi connectivity index (χ2n) is 3.87. The molecule has 1 atom stereocenters. The van der Waals surface area contributed by atoms with Crippen LogP contribution in [-0.4, -0.2) is 54.3 Å². The highest BCUT2D eigenvalue weighted by Gasteiger charge is 2.15. The number of aromatic nitrogens is 1. The fourth-order valence-corrected chi connectivity index (χ4v) is 1.51. The van der Waals surface area contributed by atoms with Crippen LogP contribution in [0.1, 0.15) is 10.4 Å². The van der Waals surface area contributed by atoms with E-state index in [1.54, 1.807) is 19.2 Å². The zero-order chi connectivity index (χ0) is 13.5. The van der Waals surface area contributed by atoms with Gasteiger partial charge in [0.2, 0.25) is 0 Å². The van der Waals surface area contributed by atoms with Gasteiger partial charge < -0.3 is 20.2 Å². The first-order valence-electron chi connectivity index (χ1n) is 5.43. The number of hydrogen-bond acceptors (Lipinski definition) is 6. The first kappa shape index (κ1) is 14.4. The molecule has 7 nitrogen and oxygen atoms in total. The van der Waals surface area contributed by atoms with Crippen LogP contribution in [0.3, 0.4) is 0 Å². The summed E-state index contributed by atoms with van der Waals surface area (Å²) in [5.74, 6) is 5.41. The van der Waals surface area contributed by atoms with Gasteiger partial charge in [-0.1, -0.05) is 0 Å². The van der Waals surface area contributed by atoms with Crippen molar-refractivity contribution >= 4 is 11.7 Å². The van der Waals surface area contributed by atoms with Gasteiger partial charge in [-0.3, -0.25) is 4.79 Å². The Hall–Kier alpha value is -1.70. The number of aliphatic hydroxyl groups is 1. The third kappa shape index (κ3) is 3.95. The molecule has 0 fully saturated rings. The predicted octanol–water partition coefficient (Wildman–Crippen LogP) is -0.553. The Morgan fingerprint density at radius 2 is 2.44 bits per heavy atom. The van der Waals surface area contributed by atoms with E-state index in [1.165, 1.54) is 18.2 Å². The first-order valence-corrected chi connectivity index (χ1v) is 5.43. The van der Waals surface area contributed by atoms with Gasteiger partial charge in [-0.15, -0.1) is 0 Å². The number of hydrogen-bond donors (Lipinski definition) is 3. The Balaban J connectivity index is 2.67. The molecule has 0 radical (unpaired) electrons. The summed E-state index contributed by atoms with van der Waals surface area (Å²) >= 11 is 0. The Kier molecular flexibility index (Phi) is 5.50. The number of nitrogens with zero attached hydrogens (tertiary/aromatic N) is 2. The standard InChI is InChI=1S/C11H18N4O3/c1-15(6-9(16)7-18-2)11(17)8-3-4-13-10(5-8)14-12/h3-5,9,16H,6-7,12H2,1-2H3,(H,13,14). The molecule has 0 aliphatic heterocycles. The van der Waals surface area contributed by atoms with Crippen LogP contribution < -0.4 is 11.3 Å². The minimum Gasteiger partial charge on any atom is -0.389 e. The summed E-state index contributed by atoms with van der Waals surface area (Å²) in [7, 11) is 3.10. The van der Waals surface area contributed by atoms with Crippen molar-refractivity contribution in [3.8, 4) is 0 Å². The summed E-state index contributed by atoms with van der Waals surface area (Å²) in [6, 6.07) is 3.13. The summed E-state index contributed by atoms with van der Waals surface area (Å²) in [4.78, 5) is 17.4. The number of methoxy groups -OCH3 is 1. The average molecular weight is 254 g/mol. The summed E-state index contributed by atoms with van der Waals surface area (Å²) in [5, 5.41) is 9.55. The van der Waals surface area contributed by atoms with Crippen LogP contribution in [0.5, 0.6) is 0 Å². The lowest BCUT2D eigenvalue weighted by atomic mass is 10.2. The molecular weight excluding hydrogens is 236 g/mol. The molecule has 1 unspecified atom stereocenters. The molecule has 0 spiro atoms. The fraction of sp³-hybridized carbons (Fsp3) is 0.455. The van der Waals surface area contributed by atoms with Gasteiger partial charge in [0.1, 0.15) is 5.82 Å². The highest BCUT2D eigenvalue weighted by atomic mass is 16.5. The number of nitrogen functional groups attached to an aromatic ring is 1. The second kappa shape index (κ2) is 6.90. The average Bonchev–Trinajstić information content (AvgIpc) is 2.38. The fourth-order valence-electron chi connectivity index (χ4n) is 1.51. The number of nitrogens with two attached hydrogens (primary N) is 1. The number of carbonyl (C=O) groups is 1. The topological polar surface area (TPSA) is 101 Å². The lowest BCUT2D eigenvalue weighted by Crippen LogP contribution is -2.36. The van der Waals surface area contributed by atoms with E-state index in [9.17, 15) is 9.90 Å². The molecule has 0 saturated heterocycles. The van der Waals surface area contributed by atoms with Gasteiger partial charge in [-0.05, 0) is 12.1 Å². The van der Waals surface area contributed by atoms with Crippen molar-refractivity contribution in [2.45, 2.75) is 6.10 Å². The molecule has 0 aliphatic rings. The number of amides is 1. The van der Waals surface area contributed by atoms with Crippen LogP contribution in [-0.2, 0) is 4.74 Å². The van der Waals surface area contributed by atoms with E-state index in [0.717, 1.165) is 0 Å². The molecule has 100 valence electrons. The molecule has 18 heavy (non-hydrogen) atoms. The minimum atomic E-state index is -0.710. The second-order valence-corrected chi connectivity index (χ2v) is 3.87. The highest BCUT2D eigenvalue weighted by molar-refractivity contribution is 5.94. The molecule has 4 N–H and O–H groups in total. The maximum Gasteiger partial charge on any atom is 0.253 e.